The molecule has 3 aromatic carbocycles. The second-order valence-corrected chi connectivity index (χ2v) is 6.77. The van der Waals surface area contributed by atoms with Crippen LogP contribution in [0.1, 0.15) is 38.3 Å². The lowest BCUT2D eigenvalue weighted by atomic mass is 10.0. The van der Waals surface area contributed by atoms with E-state index in [9.17, 15) is 4.79 Å². The van der Waals surface area contributed by atoms with Crippen LogP contribution in [-0.2, 0) is 4.79 Å². The molecule has 0 spiro atoms. The molecule has 0 fully saturated rings. The number of amides is 1. The maximum absolute atomic E-state index is 12.8. The summed E-state index contributed by atoms with van der Waals surface area (Å²) in [6.45, 7) is 4.01. The number of carbonyl (C=O) groups excluding carboxylic acids is 1. The third-order valence-corrected chi connectivity index (χ3v) is 4.91. The summed E-state index contributed by atoms with van der Waals surface area (Å²) >= 11 is 0. The van der Waals surface area contributed by atoms with Crippen molar-refractivity contribution in [1.29, 1.82) is 0 Å². The molecule has 0 bridgehead atoms. The maximum atomic E-state index is 12.8. The molecule has 0 heterocycles. The number of benzene rings is 3. The van der Waals surface area contributed by atoms with Gasteiger partial charge in [0.05, 0.1) is 13.2 Å². The Labute approximate surface area is 166 Å². The highest BCUT2D eigenvalue weighted by molar-refractivity contribution is 5.84. The molecule has 0 aliphatic carbocycles. The quantitative estimate of drug-likeness (QED) is 0.581. The SMILES string of the molecule is CC[C@H](NC(=O)[C@@H](CC)Oc1ccc2ccccc2c1)c1ccc(OC)cc1. The van der Waals surface area contributed by atoms with Gasteiger partial charge in [-0.15, -0.1) is 0 Å². The highest BCUT2D eigenvalue weighted by Gasteiger charge is 2.22. The van der Waals surface area contributed by atoms with Crippen LogP contribution in [0.2, 0.25) is 0 Å². The number of carbonyl (C=O) groups is 1. The number of methoxy groups -OCH3 is 1. The zero-order chi connectivity index (χ0) is 19.9. The molecule has 3 aromatic rings. The van der Waals surface area contributed by atoms with Gasteiger partial charge in [-0.1, -0.05) is 56.3 Å². The largest absolute Gasteiger partial charge is 0.497 e. The fourth-order valence-electron chi connectivity index (χ4n) is 3.25. The lowest BCUT2D eigenvalue weighted by molar-refractivity contribution is -0.128. The Hall–Kier alpha value is -3.01. The second kappa shape index (κ2) is 9.27. The molecule has 0 radical (unpaired) electrons. The van der Waals surface area contributed by atoms with Crippen molar-refractivity contribution in [2.24, 2.45) is 0 Å². The zero-order valence-corrected chi connectivity index (χ0v) is 16.6. The van der Waals surface area contributed by atoms with Crippen molar-refractivity contribution in [1.82, 2.24) is 5.32 Å². The van der Waals surface area contributed by atoms with E-state index in [-0.39, 0.29) is 11.9 Å². The molecule has 4 heteroatoms. The predicted molar refractivity (Wildman–Crippen MR) is 113 cm³/mol. The number of ether oxygens (including phenoxy) is 2. The van der Waals surface area contributed by atoms with E-state index in [1.165, 1.54) is 0 Å². The van der Waals surface area contributed by atoms with Gasteiger partial charge in [0.25, 0.3) is 5.91 Å². The van der Waals surface area contributed by atoms with Gasteiger partial charge in [0.15, 0.2) is 6.10 Å². The monoisotopic (exact) mass is 377 g/mol. The summed E-state index contributed by atoms with van der Waals surface area (Å²) in [5.41, 5.74) is 1.05. The molecule has 1 N–H and O–H groups in total. The Morgan fingerprint density at radius 2 is 1.57 bits per heavy atom. The van der Waals surface area contributed by atoms with Gasteiger partial charge in [0.2, 0.25) is 0 Å². The first-order valence-corrected chi connectivity index (χ1v) is 9.74. The van der Waals surface area contributed by atoms with Gasteiger partial charge >= 0.3 is 0 Å². The molecule has 0 saturated carbocycles. The minimum atomic E-state index is -0.534. The summed E-state index contributed by atoms with van der Waals surface area (Å²) in [6.07, 6.45) is 0.857. The number of rotatable bonds is 8. The van der Waals surface area contributed by atoms with Crippen molar-refractivity contribution >= 4 is 16.7 Å². The van der Waals surface area contributed by atoms with Crippen molar-refractivity contribution in [2.75, 3.05) is 7.11 Å². The first-order chi connectivity index (χ1) is 13.6. The third kappa shape index (κ3) is 4.63. The van der Waals surface area contributed by atoms with E-state index >= 15 is 0 Å². The molecule has 0 saturated heterocycles. The van der Waals surface area contributed by atoms with E-state index in [1.807, 2.05) is 67.6 Å². The van der Waals surface area contributed by atoms with Crippen LogP contribution in [0.3, 0.4) is 0 Å². The highest BCUT2D eigenvalue weighted by atomic mass is 16.5. The van der Waals surface area contributed by atoms with E-state index in [0.29, 0.717) is 12.2 Å². The van der Waals surface area contributed by atoms with Gasteiger partial charge in [0, 0.05) is 0 Å². The Bertz CT molecular complexity index is 921. The van der Waals surface area contributed by atoms with Crippen LogP contribution in [0.4, 0.5) is 0 Å². The summed E-state index contributed by atoms with van der Waals surface area (Å²) in [7, 11) is 1.64. The van der Waals surface area contributed by atoms with Crippen molar-refractivity contribution in [2.45, 2.75) is 38.8 Å². The van der Waals surface area contributed by atoms with E-state index in [0.717, 1.165) is 28.5 Å². The predicted octanol–water partition coefficient (Wildman–Crippen LogP) is 5.27. The fourth-order valence-corrected chi connectivity index (χ4v) is 3.25. The van der Waals surface area contributed by atoms with E-state index in [4.69, 9.17) is 9.47 Å². The molecule has 0 aliphatic rings. The van der Waals surface area contributed by atoms with Gasteiger partial charge in [-0.05, 0) is 53.4 Å². The van der Waals surface area contributed by atoms with Crippen LogP contribution in [0.15, 0.2) is 66.7 Å². The smallest absolute Gasteiger partial charge is 0.261 e. The second-order valence-electron chi connectivity index (χ2n) is 6.77. The van der Waals surface area contributed by atoms with Gasteiger partial charge < -0.3 is 14.8 Å². The normalized spacial score (nSPS) is 13.0. The lowest BCUT2D eigenvalue weighted by Gasteiger charge is -2.22. The Kier molecular flexibility index (Phi) is 6.53. The average molecular weight is 377 g/mol. The van der Waals surface area contributed by atoms with Gasteiger partial charge in [0.1, 0.15) is 11.5 Å². The molecule has 146 valence electrons. The van der Waals surface area contributed by atoms with Crippen LogP contribution >= 0.6 is 0 Å². The lowest BCUT2D eigenvalue weighted by Crippen LogP contribution is -2.39. The zero-order valence-electron chi connectivity index (χ0n) is 16.6. The minimum absolute atomic E-state index is 0.0624. The molecule has 3 rings (SSSR count). The Morgan fingerprint density at radius 3 is 2.21 bits per heavy atom. The molecule has 28 heavy (non-hydrogen) atoms. The summed E-state index contributed by atoms with van der Waals surface area (Å²) < 4.78 is 11.2. The number of hydrogen-bond acceptors (Lipinski definition) is 3. The topological polar surface area (TPSA) is 47.6 Å². The van der Waals surface area contributed by atoms with Gasteiger partial charge in [-0.2, -0.15) is 0 Å². The Morgan fingerprint density at radius 1 is 0.893 bits per heavy atom. The first-order valence-electron chi connectivity index (χ1n) is 9.74. The van der Waals surface area contributed by atoms with Crippen LogP contribution in [0.25, 0.3) is 10.8 Å². The summed E-state index contributed by atoms with van der Waals surface area (Å²) in [5.74, 6) is 1.41. The summed E-state index contributed by atoms with van der Waals surface area (Å²) in [4.78, 5) is 12.8. The minimum Gasteiger partial charge on any atom is -0.497 e. The van der Waals surface area contributed by atoms with Gasteiger partial charge in [-0.3, -0.25) is 4.79 Å². The molecule has 4 nitrogen and oxygen atoms in total. The van der Waals surface area contributed by atoms with Crippen LogP contribution < -0.4 is 14.8 Å². The van der Waals surface area contributed by atoms with Gasteiger partial charge in [-0.25, -0.2) is 0 Å². The molecule has 0 unspecified atom stereocenters. The van der Waals surface area contributed by atoms with E-state index in [2.05, 4.69) is 18.3 Å². The fraction of sp³-hybridized carbons (Fsp3) is 0.292. The van der Waals surface area contributed by atoms with Crippen LogP contribution in [-0.4, -0.2) is 19.1 Å². The molecule has 2 atom stereocenters. The first kappa shape index (κ1) is 19.7. The van der Waals surface area contributed by atoms with Crippen molar-refractivity contribution in [3.8, 4) is 11.5 Å². The van der Waals surface area contributed by atoms with Crippen molar-refractivity contribution < 1.29 is 14.3 Å². The third-order valence-electron chi connectivity index (χ3n) is 4.91. The Balaban J connectivity index is 1.70. The van der Waals surface area contributed by atoms with E-state index < -0.39 is 6.10 Å². The number of nitrogens with one attached hydrogen (secondary N) is 1. The summed E-state index contributed by atoms with van der Waals surface area (Å²) in [6, 6.07) is 21.7. The van der Waals surface area contributed by atoms with Crippen LogP contribution in [0.5, 0.6) is 11.5 Å². The number of fused-ring (bicyclic) bond motifs is 1. The number of hydrogen-bond donors (Lipinski definition) is 1. The maximum Gasteiger partial charge on any atom is 0.261 e. The van der Waals surface area contributed by atoms with Crippen LogP contribution in [0, 0.1) is 0 Å². The summed E-state index contributed by atoms with van der Waals surface area (Å²) in [5, 5.41) is 5.37. The average Bonchev–Trinajstić information content (AvgIpc) is 2.75. The molecule has 1 amide bonds. The van der Waals surface area contributed by atoms with Crippen molar-refractivity contribution in [3.05, 3.63) is 72.3 Å². The van der Waals surface area contributed by atoms with Crippen molar-refractivity contribution in [3.63, 3.8) is 0 Å². The molecular formula is C24H27NO3. The van der Waals surface area contributed by atoms with E-state index in [1.54, 1.807) is 7.11 Å². The molecular weight excluding hydrogens is 350 g/mol. The molecule has 0 aromatic heterocycles. The standard InChI is InChI=1S/C24H27NO3/c1-4-22(18-11-13-20(27-3)14-12-18)25-24(26)23(5-2)28-21-15-10-17-8-6-7-9-19(17)16-21/h6-16,22-23H,4-5H2,1-3H3,(H,25,26)/t22-,23+/m0/s1. The highest BCUT2D eigenvalue weighted by Crippen LogP contribution is 2.23. The molecule has 0 aliphatic heterocycles.